The Kier molecular flexibility index (Phi) is 8.96. The minimum atomic E-state index is -0.700. The fourth-order valence-electron chi connectivity index (χ4n) is 5.06. The van der Waals surface area contributed by atoms with Gasteiger partial charge in [-0.1, -0.05) is 31.2 Å². The molecule has 0 radical (unpaired) electrons. The van der Waals surface area contributed by atoms with E-state index in [1.54, 1.807) is 17.9 Å². The fourth-order valence-corrected chi connectivity index (χ4v) is 5.06. The van der Waals surface area contributed by atoms with Gasteiger partial charge in [-0.15, -0.1) is 0 Å². The van der Waals surface area contributed by atoms with E-state index in [4.69, 9.17) is 4.74 Å². The Bertz CT molecular complexity index is 1680. The third-order valence-corrected chi connectivity index (χ3v) is 7.35. The lowest BCUT2D eigenvalue weighted by Gasteiger charge is -2.32. The van der Waals surface area contributed by atoms with Crippen LogP contribution in [0, 0.1) is 12.7 Å². The number of ketones is 1. The van der Waals surface area contributed by atoms with E-state index < -0.39 is 17.2 Å². The van der Waals surface area contributed by atoms with E-state index in [9.17, 15) is 14.4 Å². The van der Waals surface area contributed by atoms with Gasteiger partial charge in [-0.05, 0) is 50.2 Å². The first-order valence-corrected chi connectivity index (χ1v) is 14.2. The Morgan fingerprint density at radius 2 is 1.77 bits per heavy atom. The van der Waals surface area contributed by atoms with Crippen LogP contribution in [0.25, 0.3) is 5.69 Å². The van der Waals surface area contributed by atoms with Gasteiger partial charge in [0, 0.05) is 50.9 Å². The van der Waals surface area contributed by atoms with Crippen molar-refractivity contribution in [2.45, 2.75) is 33.2 Å². The van der Waals surface area contributed by atoms with Crippen molar-refractivity contribution in [2.24, 2.45) is 0 Å². The maximum Gasteiger partial charge on any atom is 0.323 e. The van der Waals surface area contributed by atoms with Crippen molar-refractivity contribution in [3.8, 4) is 17.3 Å². The number of nitrogens with zero attached hydrogens (tertiary/aromatic N) is 6. The second-order valence-electron chi connectivity index (χ2n) is 10.5. The molecule has 0 unspecified atom stereocenters. The largest absolute Gasteiger partial charge is 0.436 e. The third kappa shape index (κ3) is 6.64. The molecule has 1 N–H and O–H groups in total. The van der Waals surface area contributed by atoms with Gasteiger partial charge in [0.1, 0.15) is 17.7 Å². The number of amides is 2. The lowest BCUT2D eigenvalue weighted by Crippen LogP contribution is -2.48. The Balaban J connectivity index is 1.29. The molecule has 5 rings (SSSR count). The van der Waals surface area contributed by atoms with Gasteiger partial charge < -0.3 is 14.5 Å². The summed E-state index contributed by atoms with van der Waals surface area (Å²) in [5, 5.41) is 2.72. The van der Waals surface area contributed by atoms with Gasteiger partial charge in [0.05, 0.1) is 5.69 Å². The number of aromatic nitrogens is 4. The summed E-state index contributed by atoms with van der Waals surface area (Å²) in [5.74, 6) is -0.938. The lowest BCUT2D eigenvalue weighted by molar-refractivity contribution is 0.0991. The van der Waals surface area contributed by atoms with Gasteiger partial charge in [0.15, 0.2) is 17.3 Å². The number of ether oxygens (including phenoxy) is 1. The summed E-state index contributed by atoms with van der Waals surface area (Å²) in [7, 11) is 2.00. The predicted octanol–water partition coefficient (Wildman–Crippen LogP) is 4.28. The standard InChI is InChI=1S/C31H34FN7O4/c1-4-12-38-21(2)29(30(41)39(38)23-8-6-5-7-9-23)25(40)18-22-10-11-26(24(32)17-22)43-28-19-27(33-20-34-28)35-31(42)37-15-13-36(3)14-16-37/h5-11,17,19-20H,4,12-16,18H2,1-3H3,(H,33,34,35,42). The number of anilines is 1. The van der Waals surface area contributed by atoms with Gasteiger partial charge in [-0.2, -0.15) is 0 Å². The van der Waals surface area contributed by atoms with Gasteiger partial charge in [-0.25, -0.2) is 23.8 Å². The average Bonchev–Trinajstić information content (AvgIpc) is 3.24. The topological polar surface area (TPSA) is 115 Å². The number of urea groups is 1. The number of nitrogens with one attached hydrogen (secondary N) is 1. The molecule has 2 aromatic carbocycles. The minimum Gasteiger partial charge on any atom is -0.436 e. The van der Waals surface area contributed by atoms with E-state index >= 15 is 4.39 Å². The molecule has 2 aromatic heterocycles. The van der Waals surface area contributed by atoms with Crippen molar-refractivity contribution in [2.75, 3.05) is 38.5 Å². The molecule has 0 saturated carbocycles. The van der Waals surface area contributed by atoms with Gasteiger partial charge >= 0.3 is 6.03 Å². The van der Waals surface area contributed by atoms with Crippen LogP contribution < -0.4 is 15.6 Å². The Hall–Kier alpha value is -4.84. The summed E-state index contributed by atoms with van der Waals surface area (Å²) in [5.41, 5.74) is 1.32. The summed E-state index contributed by atoms with van der Waals surface area (Å²) >= 11 is 0. The smallest absolute Gasteiger partial charge is 0.323 e. The zero-order chi connectivity index (χ0) is 30.5. The zero-order valence-corrected chi connectivity index (χ0v) is 24.4. The van der Waals surface area contributed by atoms with E-state index in [-0.39, 0.29) is 35.5 Å². The van der Waals surface area contributed by atoms with Crippen molar-refractivity contribution >= 4 is 17.6 Å². The van der Waals surface area contributed by atoms with Gasteiger partial charge in [0.2, 0.25) is 5.88 Å². The molecule has 12 heteroatoms. The highest BCUT2D eigenvalue weighted by Crippen LogP contribution is 2.26. The number of hydrogen-bond donors (Lipinski definition) is 1. The van der Waals surface area contributed by atoms with Crippen LogP contribution in [0.3, 0.4) is 0 Å². The molecule has 0 atom stereocenters. The van der Waals surface area contributed by atoms with Crippen LogP contribution in [0.2, 0.25) is 0 Å². The van der Waals surface area contributed by atoms with Crippen LogP contribution >= 0.6 is 0 Å². The number of rotatable bonds is 9. The molecule has 224 valence electrons. The average molecular weight is 588 g/mol. The summed E-state index contributed by atoms with van der Waals surface area (Å²) in [6, 6.07) is 14.5. The molecule has 1 aliphatic rings. The van der Waals surface area contributed by atoms with Crippen molar-refractivity contribution in [3.63, 3.8) is 0 Å². The molecule has 0 aliphatic carbocycles. The minimum absolute atomic E-state index is 0.0424. The molecule has 1 fully saturated rings. The molecule has 1 aliphatic heterocycles. The number of para-hydroxylation sites is 1. The van der Waals surface area contributed by atoms with Crippen LogP contribution in [-0.4, -0.2) is 74.2 Å². The van der Waals surface area contributed by atoms with Crippen molar-refractivity contribution < 1.29 is 18.7 Å². The normalized spacial score (nSPS) is 13.6. The SMILES string of the molecule is CCCn1c(C)c(C(=O)Cc2ccc(Oc3cc(NC(=O)N4CCN(C)CC4)ncn3)c(F)c2)c(=O)n1-c1ccccc1. The molecule has 3 heterocycles. The van der Waals surface area contributed by atoms with Gasteiger partial charge in [-0.3, -0.25) is 19.6 Å². The Morgan fingerprint density at radius 3 is 2.47 bits per heavy atom. The first-order valence-electron chi connectivity index (χ1n) is 14.2. The highest BCUT2D eigenvalue weighted by Gasteiger charge is 2.24. The van der Waals surface area contributed by atoms with Crippen LogP contribution in [0.5, 0.6) is 11.6 Å². The number of carbonyl (C=O) groups excluding carboxylic acids is 2. The van der Waals surface area contributed by atoms with E-state index in [1.165, 1.54) is 29.2 Å². The number of benzene rings is 2. The fraction of sp³-hybridized carbons (Fsp3) is 0.323. The highest BCUT2D eigenvalue weighted by molar-refractivity contribution is 5.98. The molecule has 4 aromatic rings. The zero-order valence-electron chi connectivity index (χ0n) is 24.4. The second-order valence-corrected chi connectivity index (χ2v) is 10.5. The van der Waals surface area contributed by atoms with Crippen molar-refractivity contribution in [3.05, 3.63) is 93.9 Å². The number of halogens is 1. The monoisotopic (exact) mass is 587 g/mol. The van der Waals surface area contributed by atoms with Crippen LogP contribution in [0.4, 0.5) is 15.0 Å². The van der Waals surface area contributed by atoms with E-state index in [0.29, 0.717) is 36.6 Å². The van der Waals surface area contributed by atoms with Crippen LogP contribution in [-0.2, 0) is 13.0 Å². The number of piperazine rings is 1. The summed E-state index contributed by atoms with van der Waals surface area (Å²) < 4.78 is 24.1. The highest BCUT2D eigenvalue weighted by atomic mass is 19.1. The number of Topliss-reactive ketones (excluding diaryl/α,β-unsaturated/α-hetero) is 1. The summed E-state index contributed by atoms with van der Waals surface area (Å²) in [6.07, 6.45) is 1.84. The summed E-state index contributed by atoms with van der Waals surface area (Å²) in [4.78, 5) is 51.3. The lowest BCUT2D eigenvalue weighted by atomic mass is 10.0. The van der Waals surface area contributed by atoms with Crippen molar-refractivity contribution in [1.29, 1.82) is 0 Å². The molecule has 11 nitrogen and oxygen atoms in total. The Labute approximate surface area is 248 Å². The van der Waals surface area contributed by atoms with Crippen LogP contribution in [0.1, 0.15) is 35.0 Å². The molecule has 0 spiro atoms. The molecular weight excluding hydrogens is 553 g/mol. The van der Waals surface area contributed by atoms with Crippen LogP contribution in [0.15, 0.2) is 65.7 Å². The van der Waals surface area contributed by atoms with E-state index in [0.717, 1.165) is 19.5 Å². The predicted molar refractivity (Wildman–Crippen MR) is 160 cm³/mol. The van der Waals surface area contributed by atoms with Crippen molar-refractivity contribution in [1.82, 2.24) is 29.1 Å². The van der Waals surface area contributed by atoms with Gasteiger partial charge in [0.25, 0.3) is 5.56 Å². The molecule has 2 amide bonds. The maximum absolute atomic E-state index is 15.1. The Morgan fingerprint density at radius 1 is 1.02 bits per heavy atom. The molecule has 43 heavy (non-hydrogen) atoms. The molecular formula is C31H34FN7O4. The quantitative estimate of drug-likeness (QED) is 0.291. The molecule has 0 bridgehead atoms. The number of carbonyl (C=O) groups is 2. The summed E-state index contributed by atoms with van der Waals surface area (Å²) in [6.45, 7) is 7.08. The first-order chi connectivity index (χ1) is 20.7. The number of likely N-dealkylation sites (N-methyl/N-ethyl adjacent to an activating group) is 1. The van der Waals surface area contributed by atoms with E-state index in [2.05, 4.69) is 20.2 Å². The second kappa shape index (κ2) is 13.0. The first kappa shape index (κ1) is 29.6. The maximum atomic E-state index is 15.1. The molecule has 1 saturated heterocycles. The third-order valence-electron chi connectivity index (χ3n) is 7.35. The van der Waals surface area contributed by atoms with E-state index in [1.807, 2.05) is 49.0 Å². The number of hydrogen-bond acceptors (Lipinski definition) is 7.